The first-order valence-corrected chi connectivity index (χ1v) is 10.6. The molecule has 1 rings (SSSR count). The van der Waals surface area contributed by atoms with Gasteiger partial charge in [-0.25, -0.2) is 12.7 Å². The number of nitrogens with zero attached hydrogens (tertiary/aromatic N) is 2. The van der Waals surface area contributed by atoms with Crippen molar-refractivity contribution in [2.75, 3.05) is 10.8 Å². The van der Waals surface area contributed by atoms with Gasteiger partial charge in [0.25, 0.3) is 10.0 Å². The number of carbonyl (C=O) groups is 2. The molecule has 13 heteroatoms. The number of anilines is 1. The highest BCUT2D eigenvalue weighted by molar-refractivity contribution is 7.94. The van der Waals surface area contributed by atoms with Gasteiger partial charge in [0.2, 0.25) is 11.8 Å². The third-order valence-corrected chi connectivity index (χ3v) is 7.17. The molecule has 0 aromatic heterocycles. The zero-order valence-corrected chi connectivity index (χ0v) is 17.4. The van der Waals surface area contributed by atoms with Crippen LogP contribution in [0.1, 0.15) is 25.0 Å². The Hall–Kier alpha value is -2.59. The molecule has 0 fully saturated rings. The van der Waals surface area contributed by atoms with Crippen LogP contribution in [0.4, 0.5) is 18.9 Å². The quantitative estimate of drug-likeness (QED) is 0.627. The fourth-order valence-electron chi connectivity index (χ4n) is 2.46. The Morgan fingerprint density at radius 1 is 1.03 bits per heavy atom. The minimum Gasteiger partial charge on any atom is -0.274 e. The topological polar surface area (TPSA) is 109 Å². The Labute approximate surface area is 166 Å². The summed E-state index contributed by atoms with van der Waals surface area (Å²) < 4.78 is 88.3. The summed E-state index contributed by atoms with van der Waals surface area (Å²) in [6.07, 6.45) is 5.06. The lowest BCUT2D eigenvalue weighted by Gasteiger charge is -2.26. The number of halogens is 3. The van der Waals surface area contributed by atoms with Crippen molar-refractivity contribution in [3.8, 4) is 12.3 Å². The molecule has 0 bridgehead atoms. The molecule has 0 atom stereocenters. The van der Waals surface area contributed by atoms with Crippen LogP contribution in [-0.4, -0.2) is 45.0 Å². The molecule has 0 aliphatic carbocycles. The molecule has 8 nitrogen and oxygen atoms in total. The second kappa shape index (κ2) is 8.03. The lowest BCUT2D eigenvalue weighted by molar-refractivity contribution is -0.123. The highest BCUT2D eigenvalue weighted by atomic mass is 32.2. The van der Waals surface area contributed by atoms with Gasteiger partial charge >= 0.3 is 15.5 Å². The summed E-state index contributed by atoms with van der Waals surface area (Å²) in [5.74, 6) is -0.499. The molecule has 2 amide bonds. The Balaban J connectivity index is 3.90. The first kappa shape index (κ1) is 24.4. The predicted octanol–water partition coefficient (Wildman–Crippen LogP) is 1.68. The molecule has 0 heterocycles. The van der Waals surface area contributed by atoms with Gasteiger partial charge in [0, 0.05) is 13.8 Å². The second-order valence-corrected chi connectivity index (χ2v) is 9.48. The molecule has 0 N–H and O–H groups in total. The van der Waals surface area contributed by atoms with E-state index in [0.29, 0.717) is 17.3 Å². The maximum Gasteiger partial charge on any atom is 0.517 e. The lowest BCUT2D eigenvalue weighted by atomic mass is 10.1. The van der Waals surface area contributed by atoms with Crippen molar-refractivity contribution in [3.63, 3.8) is 0 Å². The van der Waals surface area contributed by atoms with Crippen LogP contribution in [0, 0.1) is 26.2 Å². The molecule has 29 heavy (non-hydrogen) atoms. The normalized spacial score (nSPS) is 12.2. The van der Waals surface area contributed by atoms with Gasteiger partial charge in [-0.15, -0.1) is 6.42 Å². The zero-order chi connectivity index (χ0) is 22.9. The third-order valence-electron chi connectivity index (χ3n) is 3.69. The number of hydrogen-bond donors (Lipinski definition) is 0. The molecule has 0 spiro atoms. The fourth-order valence-corrected chi connectivity index (χ4v) is 5.01. The molecular formula is C16H17F3N2O6S2. The second-order valence-electron chi connectivity index (χ2n) is 5.87. The van der Waals surface area contributed by atoms with Crippen LogP contribution in [0.3, 0.4) is 0 Å². The summed E-state index contributed by atoms with van der Waals surface area (Å²) in [7, 11) is -10.8. The molecule has 0 saturated carbocycles. The van der Waals surface area contributed by atoms with Crippen molar-refractivity contribution in [1.29, 1.82) is 0 Å². The Kier molecular flexibility index (Phi) is 6.77. The summed E-state index contributed by atoms with van der Waals surface area (Å²) in [6, 6.07) is 1.68. The van der Waals surface area contributed by atoms with Crippen LogP contribution < -0.4 is 4.31 Å². The number of aryl methyl sites for hydroxylation is 2. The van der Waals surface area contributed by atoms with Crippen molar-refractivity contribution in [2.45, 2.75) is 38.1 Å². The molecule has 0 radical (unpaired) electrons. The van der Waals surface area contributed by atoms with Crippen LogP contribution >= 0.6 is 0 Å². The van der Waals surface area contributed by atoms with E-state index in [1.807, 2.05) is 5.92 Å². The van der Waals surface area contributed by atoms with Crippen LogP contribution in [0.5, 0.6) is 0 Å². The van der Waals surface area contributed by atoms with Gasteiger partial charge in [-0.1, -0.05) is 12.0 Å². The van der Waals surface area contributed by atoms with Crippen molar-refractivity contribution in [1.82, 2.24) is 4.31 Å². The van der Waals surface area contributed by atoms with E-state index in [2.05, 4.69) is 0 Å². The summed E-state index contributed by atoms with van der Waals surface area (Å²) >= 11 is 0. The van der Waals surface area contributed by atoms with Gasteiger partial charge in [-0.05, 0) is 31.0 Å². The summed E-state index contributed by atoms with van der Waals surface area (Å²) in [5, 5.41) is 0. The largest absolute Gasteiger partial charge is 0.517 e. The number of terminal acetylenes is 1. The molecule has 0 aliphatic rings. The highest BCUT2D eigenvalue weighted by Crippen LogP contribution is 2.35. The number of carbonyl (C=O) groups excluding carboxylic acids is 2. The molecule has 0 saturated heterocycles. The van der Waals surface area contributed by atoms with E-state index in [9.17, 15) is 39.6 Å². The lowest BCUT2D eigenvalue weighted by Crippen LogP contribution is -2.44. The van der Waals surface area contributed by atoms with Crippen LogP contribution in [-0.2, 0) is 29.6 Å². The SMILES string of the molecule is C#CCN(C(C)=O)S(=O)(=O)c1cc(N(C(C)=O)S(=O)(=O)C(F)(F)F)c(C)cc1C. The molecule has 160 valence electrons. The number of amides is 2. The Bertz CT molecular complexity index is 1100. The number of benzene rings is 1. The van der Waals surface area contributed by atoms with Crippen LogP contribution in [0.15, 0.2) is 17.0 Å². The standard InChI is InChI=1S/C16H17F3N2O6S2/c1-6-7-20(12(4)22)28(24,25)15-9-14(10(2)8-11(15)3)21(13(5)23)29(26,27)16(17,18)19/h1,8-9H,7H2,2-5H3. The summed E-state index contributed by atoms with van der Waals surface area (Å²) in [4.78, 5) is 22.8. The Morgan fingerprint density at radius 2 is 1.55 bits per heavy atom. The predicted molar refractivity (Wildman–Crippen MR) is 97.5 cm³/mol. The van der Waals surface area contributed by atoms with Gasteiger partial charge in [0.1, 0.15) is 0 Å². The maximum atomic E-state index is 13.0. The monoisotopic (exact) mass is 454 g/mol. The van der Waals surface area contributed by atoms with Crippen LogP contribution in [0.2, 0.25) is 0 Å². The Morgan fingerprint density at radius 3 is 1.93 bits per heavy atom. The zero-order valence-electron chi connectivity index (χ0n) is 15.7. The van der Waals surface area contributed by atoms with E-state index >= 15 is 0 Å². The minimum atomic E-state index is -6.16. The summed E-state index contributed by atoms with van der Waals surface area (Å²) in [5.41, 5.74) is -6.74. The fraction of sp³-hybridized carbons (Fsp3) is 0.375. The van der Waals surface area contributed by atoms with E-state index in [0.717, 1.165) is 13.0 Å². The van der Waals surface area contributed by atoms with Gasteiger partial charge < -0.3 is 0 Å². The summed E-state index contributed by atoms with van der Waals surface area (Å²) in [6.45, 7) is 3.32. The van der Waals surface area contributed by atoms with E-state index in [4.69, 9.17) is 6.42 Å². The van der Waals surface area contributed by atoms with Gasteiger partial charge in [0.15, 0.2) is 0 Å². The smallest absolute Gasteiger partial charge is 0.274 e. The van der Waals surface area contributed by atoms with Gasteiger partial charge in [-0.3, -0.25) is 9.59 Å². The minimum absolute atomic E-state index is 0.00225. The molecule has 0 aliphatic heterocycles. The number of hydrogen-bond acceptors (Lipinski definition) is 6. The number of alkyl halides is 3. The third kappa shape index (κ3) is 4.54. The van der Waals surface area contributed by atoms with E-state index in [1.165, 1.54) is 13.8 Å². The van der Waals surface area contributed by atoms with Gasteiger partial charge in [0.05, 0.1) is 17.1 Å². The number of sulfonamides is 2. The molecule has 1 aromatic carbocycles. The van der Waals surface area contributed by atoms with Crippen molar-refractivity contribution in [2.24, 2.45) is 0 Å². The first-order chi connectivity index (χ1) is 13.0. The van der Waals surface area contributed by atoms with E-state index in [1.54, 1.807) is 0 Å². The molecular weight excluding hydrogens is 437 g/mol. The van der Waals surface area contributed by atoms with Crippen LogP contribution in [0.25, 0.3) is 0 Å². The highest BCUT2D eigenvalue weighted by Gasteiger charge is 2.52. The van der Waals surface area contributed by atoms with Crippen molar-refractivity contribution >= 4 is 37.5 Å². The van der Waals surface area contributed by atoms with E-state index < -0.39 is 58.8 Å². The average molecular weight is 454 g/mol. The van der Waals surface area contributed by atoms with Crippen molar-refractivity contribution < 1.29 is 39.6 Å². The number of rotatable bonds is 5. The average Bonchev–Trinajstić information content (AvgIpc) is 2.52. The van der Waals surface area contributed by atoms with Gasteiger partial charge in [-0.2, -0.15) is 25.9 Å². The van der Waals surface area contributed by atoms with Crippen molar-refractivity contribution in [3.05, 3.63) is 23.3 Å². The first-order valence-electron chi connectivity index (χ1n) is 7.70. The maximum absolute atomic E-state index is 13.0. The van der Waals surface area contributed by atoms with E-state index in [-0.39, 0.29) is 11.1 Å². The molecule has 1 aromatic rings. The molecule has 0 unspecified atom stereocenters.